The van der Waals surface area contributed by atoms with Gasteiger partial charge in [-0.25, -0.2) is 0 Å². The van der Waals surface area contributed by atoms with Gasteiger partial charge in [-0.15, -0.1) is 0 Å². The Morgan fingerprint density at radius 3 is 1.72 bits per heavy atom. The molecule has 0 aromatic carbocycles. The average Bonchev–Trinajstić information content (AvgIpc) is 2.07. The van der Waals surface area contributed by atoms with Gasteiger partial charge in [0.15, 0.2) is 5.66 Å². The molecule has 0 spiro atoms. The first-order valence-electron chi connectivity index (χ1n) is 4.28. The quantitative estimate of drug-likeness (QED) is 0.234. The van der Waals surface area contributed by atoms with Crippen molar-refractivity contribution in [3.05, 3.63) is 0 Å². The van der Waals surface area contributed by atoms with Gasteiger partial charge >= 0.3 is 55.1 Å². The van der Waals surface area contributed by atoms with Crippen molar-refractivity contribution >= 4 is 25.5 Å². The number of carbonyl (C=O) groups is 3. The minimum atomic E-state index is -5.02. The number of aliphatic carboxylic acids is 3. The Hall–Kier alpha value is -0.440. The maximum Gasteiger partial charge on any atom is 1.00 e. The average molecular weight is 294 g/mol. The number of carboxylic acid groups (broad SMARTS) is 3. The van der Waals surface area contributed by atoms with Crippen molar-refractivity contribution in [1.82, 2.24) is 0 Å². The molecule has 0 aromatic heterocycles. The van der Waals surface area contributed by atoms with Crippen LogP contribution in [0.1, 0.15) is 14.3 Å². The molecule has 2 unspecified atom stereocenters. The smallest absolute Gasteiger partial charge is 1.00 e. The Morgan fingerprint density at radius 2 is 1.50 bits per heavy atom. The number of hydrogen-bond donors (Lipinski definition) is 5. The van der Waals surface area contributed by atoms with Crippen LogP contribution < -0.4 is 29.6 Å². The molecule has 9 nitrogen and oxygen atoms in total. The third-order valence-electron chi connectivity index (χ3n) is 1.97. The molecule has 0 aromatic rings. The predicted octanol–water partition coefficient (Wildman–Crippen LogP) is -3.70. The van der Waals surface area contributed by atoms with Crippen LogP contribution in [0.2, 0.25) is 0 Å². The van der Waals surface area contributed by atoms with Crippen molar-refractivity contribution in [2.24, 2.45) is 5.92 Å². The predicted molar refractivity (Wildman–Crippen MR) is 52.6 cm³/mol. The zero-order valence-electron chi connectivity index (χ0n) is 10.4. The number of rotatable bonds is 7. The third-order valence-corrected chi connectivity index (χ3v) is 3.21. The summed E-state index contributed by atoms with van der Waals surface area (Å²) in [4.78, 5) is 48.9. The fourth-order valence-electron chi connectivity index (χ4n) is 1.13. The van der Waals surface area contributed by atoms with Crippen LogP contribution in [0.5, 0.6) is 0 Å². The molecule has 0 saturated carbocycles. The van der Waals surface area contributed by atoms with E-state index in [4.69, 9.17) is 25.1 Å². The fourth-order valence-corrected chi connectivity index (χ4v) is 1.95. The maximum atomic E-state index is 10.8. The van der Waals surface area contributed by atoms with Crippen LogP contribution in [0.4, 0.5) is 0 Å². The SMILES string of the molecule is O=C(O)CC(CC(C(=O)O)P(=O)(O)O)C(=O)O.[H-].[Na+]. The summed E-state index contributed by atoms with van der Waals surface area (Å²) in [6.07, 6.45) is -1.85. The van der Waals surface area contributed by atoms with Crippen LogP contribution in [-0.4, -0.2) is 48.7 Å². The first kappa shape index (κ1) is 19.9. The Bertz CT molecular complexity index is 381. The van der Waals surface area contributed by atoms with E-state index in [0.717, 1.165) is 0 Å². The van der Waals surface area contributed by atoms with Gasteiger partial charge < -0.3 is 26.5 Å². The van der Waals surface area contributed by atoms with E-state index >= 15 is 0 Å². The van der Waals surface area contributed by atoms with Crippen LogP contribution in [0, 0.1) is 5.92 Å². The Balaban J connectivity index is -0.00000128. The van der Waals surface area contributed by atoms with Gasteiger partial charge in [0.2, 0.25) is 0 Å². The molecule has 0 bridgehead atoms. The van der Waals surface area contributed by atoms with E-state index in [1.165, 1.54) is 0 Å². The van der Waals surface area contributed by atoms with Crippen molar-refractivity contribution in [3.8, 4) is 0 Å². The van der Waals surface area contributed by atoms with Crippen molar-refractivity contribution in [1.29, 1.82) is 0 Å². The molecule has 11 heteroatoms. The van der Waals surface area contributed by atoms with Gasteiger partial charge in [0.1, 0.15) is 0 Å². The van der Waals surface area contributed by atoms with E-state index in [-0.39, 0.29) is 31.0 Å². The van der Waals surface area contributed by atoms with Crippen molar-refractivity contribution < 1.29 is 75.0 Å². The van der Waals surface area contributed by atoms with Crippen LogP contribution in [0.25, 0.3) is 0 Å². The van der Waals surface area contributed by atoms with E-state index in [2.05, 4.69) is 0 Å². The maximum absolute atomic E-state index is 10.8. The number of hydrogen-bond acceptors (Lipinski definition) is 4. The topological polar surface area (TPSA) is 169 Å². The van der Waals surface area contributed by atoms with Crippen molar-refractivity contribution in [2.75, 3.05) is 0 Å². The van der Waals surface area contributed by atoms with E-state index in [0.29, 0.717) is 0 Å². The molecule has 0 aliphatic heterocycles. The Kier molecular flexibility index (Phi) is 8.70. The van der Waals surface area contributed by atoms with E-state index < -0.39 is 49.9 Å². The summed E-state index contributed by atoms with van der Waals surface area (Å²) in [5.74, 6) is -6.64. The molecule has 0 fully saturated rings. The molecule has 100 valence electrons. The Labute approximate surface area is 125 Å². The van der Waals surface area contributed by atoms with Gasteiger partial charge in [0, 0.05) is 0 Å². The summed E-state index contributed by atoms with van der Waals surface area (Å²) < 4.78 is 10.8. The third kappa shape index (κ3) is 7.10. The zero-order valence-corrected chi connectivity index (χ0v) is 12.3. The molecule has 0 aliphatic rings. The summed E-state index contributed by atoms with van der Waals surface area (Å²) >= 11 is 0. The minimum Gasteiger partial charge on any atom is -1.00 e. The molecule has 5 N–H and O–H groups in total. The molecule has 0 radical (unpaired) electrons. The first-order valence-corrected chi connectivity index (χ1v) is 5.96. The zero-order chi connectivity index (χ0) is 13.8. The normalized spacial score (nSPS) is 14.1. The Morgan fingerprint density at radius 1 is 1.06 bits per heavy atom. The monoisotopic (exact) mass is 294 g/mol. The molecule has 0 saturated heterocycles. The number of carboxylic acids is 3. The van der Waals surface area contributed by atoms with Crippen LogP contribution in [-0.2, 0) is 18.9 Å². The van der Waals surface area contributed by atoms with Gasteiger partial charge in [-0.2, -0.15) is 0 Å². The van der Waals surface area contributed by atoms with E-state index in [9.17, 15) is 18.9 Å². The molecule has 0 amide bonds. The van der Waals surface area contributed by atoms with Crippen molar-refractivity contribution in [3.63, 3.8) is 0 Å². The molecule has 2 atom stereocenters. The van der Waals surface area contributed by atoms with Gasteiger partial charge in [0.05, 0.1) is 12.3 Å². The summed E-state index contributed by atoms with van der Waals surface area (Å²) in [7, 11) is -5.02. The largest absolute Gasteiger partial charge is 1.00 e. The van der Waals surface area contributed by atoms with Gasteiger partial charge in [-0.1, -0.05) is 0 Å². The van der Waals surface area contributed by atoms with Crippen LogP contribution in [0.15, 0.2) is 0 Å². The first-order chi connectivity index (χ1) is 7.55. The van der Waals surface area contributed by atoms with Gasteiger partial charge in [-0.05, 0) is 6.42 Å². The van der Waals surface area contributed by atoms with Crippen molar-refractivity contribution in [2.45, 2.75) is 18.5 Å². The molecule has 0 aliphatic carbocycles. The molecule has 0 heterocycles. The van der Waals surface area contributed by atoms with E-state index in [1.807, 2.05) is 0 Å². The van der Waals surface area contributed by atoms with E-state index in [1.54, 1.807) is 0 Å². The molecular weight excluding hydrogens is 282 g/mol. The second-order valence-corrected chi connectivity index (χ2v) is 5.11. The fraction of sp³-hybridized carbons (Fsp3) is 0.571. The van der Waals surface area contributed by atoms with Crippen LogP contribution in [0.3, 0.4) is 0 Å². The minimum absolute atomic E-state index is 0. The molecule has 18 heavy (non-hydrogen) atoms. The summed E-state index contributed by atoms with van der Waals surface area (Å²) in [6.45, 7) is 0. The molecule has 0 rings (SSSR count). The standard InChI is InChI=1S/C7H11O9P.Na.H/c8-5(9)2-3(6(10)11)1-4(7(12)13)17(14,15)16;;/h3-4H,1-2H2,(H,8,9)(H,10,11)(H,12,13)(H2,14,15,16);;/q;+1;-1. The molecular formula is C7H12NaO9P. The summed E-state index contributed by atoms with van der Waals surface area (Å²) in [5, 5.41) is 25.5. The van der Waals surface area contributed by atoms with Gasteiger partial charge in [-0.3, -0.25) is 18.9 Å². The van der Waals surface area contributed by atoms with Crippen LogP contribution >= 0.6 is 7.60 Å². The summed E-state index contributed by atoms with van der Waals surface area (Å²) in [6, 6.07) is 0. The summed E-state index contributed by atoms with van der Waals surface area (Å²) in [5.41, 5.74) is -2.22. The second kappa shape index (κ2) is 7.88. The van der Waals surface area contributed by atoms with Gasteiger partial charge in [0.25, 0.3) is 0 Å². The second-order valence-electron chi connectivity index (χ2n) is 3.31.